The fourth-order valence-electron chi connectivity index (χ4n) is 2.96. The molecule has 0 saturated carbocycles. The number of hydrogen-bond donors (Lipinski definition) is 1. The highest BCUT2D eigenvalue weighted by Crippen LogP contribution is 2.29. The van der Waals surface area contributed by atoms with Gasteiger partial charge in [-0.3, -0.25) is 9.69 Å². The molecule has 1 N–H and O–H groups in total. The first kappa shape index (κ1) is 19.3. The Bertz CT molecular complexity index is 842. The number of piperazine rings is 1. The molecule has 0 atom stereocenters. The maximum Gasteiger partial charge on any atom is 0.338 e. The quantitative estimate of drug-likeness (QED) is 0.611. The third kappa shape index (κ3) is 4.62. The average molecular weight is 419 g/mol. The summed E-state index contributed by atoms with van der Waals surface area (Å²) in [5.74, 6) is -0.484. The van der Waals surface area contributed by atoms with E-state index in [1.54, 1.807) is 11.0 Å². The molecule has 0 spiro atoms. The zero-order valence-electron chi connectivity index (χ0n) is 13.9. The van der Waals surface area contributed by atoms with E-state index in [4.69, 9.17) is 39.2 Å². The lowest BCUT2D eigenvalue weighted by Crippen LogP contribution is -2.52. The van der Waals surface area contributed by atoms with Gasteiger partial charge in [0.2, 0.25) is 0 Å². The van der Waals surface area contributed by atoms with Gasteiger partial charge < -0.3 is 14.6 Å². The summed E-state index contributed by atoms with van der Waals surface area (Å²) < 4.78 is 3.28. The van der Waals surface area contributed by atoms with Crippen LogP contribution in [0.5, 0.6) is 0 Å². The molecule has 26 heavy (non-hydrogen) atoms. The number of halogens is 3. The third-order valence-corrected chi connectivity index (χ3v) is 4.78. The van der Waals surface area contributed by atoms with E-state index in [9.17, 15) is 9.59 Å². The molecule has 3 rings (SSSR count). The predicted molar refractivity (Wildman–Crippen MR) is 104 cm³/mol. The van der Waals surface area contributed by atoms with E-state index in [2.05, 4.69) is 10.2 Å². The number of amides is 1. The summed E-state index contributed by atoms with van der Waals surface area (Å²) in [7, 11) is 0. The number of fused-ring (bicyclic) bond motifs is 1. The van der Waals surface area contributed by atoms with E-state index in [0.717, 1.165) is 17.6 Å². The van der Waals surface area contributed by atoms with Gasteiger partial charge in [-0.25, -0.2) is 4.79 Å². The summed E-state index contributed by atoms with van der Waals surface area (Å²) in [6, 6.07) is 8.85. The lowest BCUT2D eigenvalue weighted by atomic mass is 10.2. The summed E-state index contributed by atoms with van der Waals surface area (Å²) in [6.45, 7) is 3.86. The second-order valence-corrected chi connectivity index (χ2v) is 8.31. The van der Waals surface area contributed by atoms with Gasteiger partial charge in [0.25, 0.3) is 9.70 Å². The van der Waals surface area contributed by atoms with Crippen LogP contribution in [0.2, 0.25) is 0 Å². The van der Waals surface area contributed by atoms with Crippen LogP contribution in [0.25, 0.3) is 11.0 Å². The number of para-hydroxylation sites is 1. The van der Waals surface area contributed by atoms with Crippen molar-refractivity contribution in [3.8, 4) is 0 Å². The summed E-state index contributed by atoms with van der Waals surface area (Å²) in [6.07, 6.45) is 0. The fourth-order valence-corrected chi connectivity index (χ4v) is 3.32. The van der Waals surface area contributed by atoms with Gasteiger partial charge in [-0.15, -0.1) is 0 Å². The highest BCUT2D eigenvalue weighted by molar-refractivity contribution is 6.76. The Balaban J connectivity index is 1.53. The maximum absolute atomic E-state index is 11.9. The molecule has 1 amide bonds. The van der Waals surface area contributed by atoms with Gasteiger partial charge in [0.05, 0.1) is 5.69 Å². The normalized spacial score (nSPS) is 16.0. The Kier molecular flexibility index (Phi) is 5.97. The minimum atomic E-state index is -1.90. The molecule has 1 saturated heterocycles. The molecule has 1 aliphatic heterocycles. The number of anilines is 1. The summed E-state index contributed by atoms with van der Waals surface area (Å²) in [5.41, 5.74) is 0.924. The van der Waals surface area contributed by atoms with Gasteiger partial charge in [0.1, 0.15) is 5.58 Å². The van der Waals surface area contributed by atoms with E-state index < -0.39 is 9.70 Å². The molecule has 6 nitrogen and oxygen atoms in total. The number of nitrogens with zero attached hydrogens (tertiary/aromatic N) is 2. The van der Waals surface area contributed by atoms with Gasteiger partial charge in [-0.1, -0.05) is 46.9 Å². The second-order valence-electron chi connectivity index (χ2n) is 6.03. The average Bonchev–Trinajstić information content (AvgIpc) is 2.60. The molecule has 2 heterocycles. The van der Waals surface area contributed by atoms with Crippen LogP contribution in [0, 0.1) is 0 Å². The molecule has 0 aliphatic carbocycles. The van der Waals surface area contributed by atoms with E-state index in [1.807, 2.05) is 18.2 Å². The first-order valence-electron chi connectivity index (χ1n) is 8.20. The summed E-state index contributed by atoms with van der Waals surface area (Å²) in [4.78, 5) is 27.4. The Hall–Kier alpha value is -1.47. The van der Waals surface area contributed by atoms with Crippen molar-refractivity contribution >= 4 is 57.4 Å². The minimum absolute atomic E-state index is 0.384. The van der Waals surface area contributed by atoms with Gasteiger partial charge in [-0.2, -0.15) is 0 Å². The monoisotopic (exact) mass is 417 g/mol. The standard InChI is InChI=1S/C17H18Cl3N3O3/c18-17(19,20)16(25)23-9-7-22(8-10-23)6-5-21-13-11-15(24)26-14-4-2-1-3-12(13)14/h1-4,11,21H,5-10H2. The molecule has 2 aromatic rings. The van der Waals surface area contributed by atoms with Crippen LogP contribution in [0.4, 0.5) is 5.69 Å². The van der Waals surface area contributed by atoms with E-state index in [-0.39, 0.29) is 5.63 Å². The molecular weight excluding hydrogens is 401 g/mol. The highest BCUT2D eigenvalue weighted by atomic mass is 35.6. The Morgan fingerprint density at radius 3 is 2.54 bits per heavy atom. The van der Waals surface area contributed by atoms with Crippen molar-refractivity contribution in [3.63, 3.8) is 0 Å². The molecule has 1 fully saturated rings. The smallest absolute Gasteiger partial charge is 0.338 e. The van der Waals surface area contributed by atoms with Crippen molar-refractivity contribution in [2.24, 2.45) is 0 Å². The number of carbonyl (C=O) groups excluding carboxylic acids is 1. The van der Waals surface area contributed by atoms with E-state index in [1.165, 1.54) is 6.07 Å². The second kappa shape index (κ2) is 8.05. The first-order valence-corrected chi connectivity index (χ1v) is 9.33. The molecule has 1 aromatic carbocycles. The van der Waals surface area contributed by atoms with Crippen molar-refractivity contribution < 1.29 is 9.21 Å². The minimum Gasteiger partial charge on any atom is -0.423 e. The topological polar surface area (TPSA) is 65.8 Å². The first-order chi connectivity index (χ1) is 12.3. The van der Waals surface area contributed by atoms with E-state index in [0.29, 0.717) is 38.3 Å². The number of hydrogen-bond acceptors (Lipinski definition) is 5. The number of benzene rings is 1. The molecule has 1 aromatic heterocycles. The Morgan fingerprint density at radius 1 is 1.15 bits per heavy atom. The van der Waals surface area contributed by atoms with Crippen LogP contribution in [0.15, 0.2) is 39.5 Å². The van der Waals surface area contributed by atoms with Gasteiger partial charge >= 0.3 is 5.63 Å². The van der Waals surface area contributed by atoms with Crippen LogP contribution in [0.3, 0.4) is 0 Å². The van der Waals surface area contributed by atoms with Crippen molar-refractivity contribution in [3.05, 3.63) is 40.8 Å². The molecule has 1 aliphatic rings. The molecule has 0 bridgehead atoms. The van der Waals surface area contributed by atoms with Crippen LogP contribution >= 0.6 is 34.8 Å². The largest absolute Gasteiger partial charge is 0.423 e. The van der Waals surface area contributed by atoms with Crippen molar-refractivity contribution in [2.75, 3.05) is 44.6 Å². The Morgan fingerprint density at radius 2 is 1.85 bits per heavy atom. The lowest BCUT2D eigenvalue weighted by Gasteiger charge is -2.36. The zero-order valence-corrected chi connectivity index (χ0v) is 16.2. The number of alkyl halides is 3. The van der Waals surface area contributed by atoms with E-state index >= 15 is 0 Å². The number of carbonyl (C=O) groups is 1. The molecule has 140 valence electrons. The number of nitrogens with one attached hydrogen (secondary N) is 1. The molecule has 0 unspecified atom stereocenters. The number of rotatable bonds is 4. The van der Waals surface area contributed by atoms with Crippen LogP contribution < -0.4 is 10.9 Å². The van der Waals surface area contributed by atoms with Crippen LogP contribution in [-0.2, 0) is 4.79 Å². The van der Waals surface area contributed by atoms with Crippen LogP contribution in [0.1, 0.15) is 0 Å². The lowest BCUT2D eigenvalue weighted by molar-refractivity contribution is -0.131. The predicted octanol–water partition coefficient (Wildman–Crippen LogP) is 2.72. The fraction of sp³-hybridized carbons (Fsp3) is 0.412. The van der Waals surface area contributed by atoms with Crippen molar-refractivity contribution in [2.45, 2.75) is 3.79 Å². The summed E-state index contributed by atoms with van der Waals surface area (Å²) >= 11 is 16.9. The zero-order chi connectivity index (χ0) is 18.7. The maximum atomic E-state index is 11.9. The Labute approximate surface area is 165 Å². The highest BCUT2D eigenvalue weighted by Gasteiger charge is 2.36. The molecule has 9 heteroatoms. The van der Waals surface area contributed by atoms with Crippen LogP contribution in [-0.4, -0.2) is 58.8 Å². The SMILES string of the molecule is O=C(N1CCN(CCNc2cc(=O)oc3ccccc23)CC1)C(Cl)(Cl)Cl. The molecular formula is C17H18Cl3N3O3. The van der Waals surface area contributed by atoms with Crippen molar-refractivity contribution in [1.29, 1.82) is 0 Å². The third-order valence-electron chi connectivity index (χ3n) is 4.30. The van der Waals surface area contributed by atoms with Gasteiger partial charge in [0, 0.05) is 50.7 Å². The summed E-state index contributed by atoms with van der Waals surface area (Å²) in [5, 5.41) is 4.15. The van der Waals surface area contributed by atoms with Crippen molar-refractivity contribution in [1.82, 2.24) is 9.80 Å². The van der Waals surface area contributed by atoms with Gasteiger partial charge in [0.15, 0.2) is 0 Å². The van der Waals surface area contributed by atoms with Gasteiger partial charge in [-0.05, 0) is 12.1 Å². The molecule has 0 radical (unpaired) electrons.